The Labute approximate surface area is 358 Å². The van der Waals surface area contributed by atoms with Crippen molar-refractivity contribution >= 4 is 11.9 Å². The van der Waals surface area contributed by atoms with Gasteiger partial charge >= 0.3 is 11.9 Å². The number of esters is 2. The fraction of sp³-hybridized carbons (Fsp3) is 0.962. The van der Waals surface area contributed by atoms with Crippen LogP contribution in [0.2, 0.25) is 0 Å². The first kappa shape index (κ1) is 55.9. The maximum Gasteiger partial charge on any atom is 0.305 e. The molecule has 0 bridgehead atoms. The maximum atomic E-state index is 12.5. The Morgan fingerprint density at radius 1 is 0.386 bits per heavy atom. The van der Waals surface area contributed by atoms with E-state index in [1.807, 2.05) is 0 Å². The summed E-state index contributed by atoms with van der Waals surface area (Å²) in [5.74, 6) is 1.96. The molecule has 0 fully saturated rings. The van der Waals surface area contributed by atoms with Gasteiger partial charge in [-0.1, -0.05) is 202 Å². The lowest BCUT2D eigenvalue weighted by Gasteiger charge is -2.31. The SMILES string of the molecule is CCCCCCC(CCCC)COC(=O)CCCCCCCCC(CCCCCCCCC(=O)OCC(CCCC)CCCCCC)N(C)CC(CC)CCCC. The van der Waals surface area contributed by atoms with Crippen molar-refractivity contribution in [3.63, 3.8) is 0 Å². The second-order valence-electron chi connectivity index (χ2n) is 18.4. The first-order valence-corrected chi connectivity index (χ1v) is 25.9. The van der Waals surface area contributed by atoms with Gasteiger partial charge in [-0.2, -0.15) is 0 Å². The molecule has 0 aliphatic rings. The average Bonchev–Trinajstić information content (AvgIpc) is 3.21. The van der Waals surface area contributed by atoms with Crippen LogP contribution in [0.15, 0.2) is 0 Å². The summed E-state index contributed by atoms with van der Waals surface area (Å²) in [6.07, 6.45) is 43.7. The van der Waals surface area contributed by atoms with Crippen LogP contribution in [0, 0.1) is 17.8 Å². The van der Waals surface area contributed by atoms with E-state index in [0.29, 0.717) is 43.9 Å². The number of carbonyl (C=O) groups excluding carboxylic acids is 2. The highest BCUT2D eigenvalue weighted by Gasteiger charge is 2.18. The molecule has 0 saturated carbocycles. The van der Waals surface area contributed by atoms with Crippen LogP contribution in [0.3, 0.4) is 0 Å². The lowest BCUT2D eigenvalue weighted by molar-refractivity contribution is -0.146. The number of hydrogen-bond donors (Lipinski definition) is 0. The van der Waals surface area contributed by atoms with Gasteiger partial charge in [-0.3, -0.25) is 9.59 Å². The van der Waals surface area contributed by atoms with Gasteiger partial charge in [0.05, 0.1) is 13.2 Å². The topological polar surface area (TPSA) is 55.8 Å². The second-order valence-corrected chi connectivity index (χ2v) is 18.4. The van der Waals surface area contributed by atoms with E-state index in [0.717, 1.165) is 31.6 Å². The zero-order valence-electron chi connectivity index (χ0n) is 40.0. The van der Waals surface area contributed by atoms with Gasteiger partial charge in [-0.05, 0) is 82.6 Å². The number of carbonyl (C=O) groups is 2. The highest BCUT2D eigenvalue weighted by Crippen LogP contribution is 2.23. The van der Waals surface area contributed by atoms with E-state index in [1.54, 1.807) is 0 Å². The van der Waals surface area contributed by atoms with Gasteiger partial charge in [0.1, 0.15) is 0 Å². The van der Waals surface area contributed by atoms with E-state index in [9.17, 15) is 9.59 Å². The molecule has 0 spiro atoms. The lowest BCUT2D eigenvalue weighted by Crippen LogP contribution is -2.35. The summed E-state index contributed by atoms with van der Waals surface area (Å²) in [7, 11) is 2.40. The summed E-state index contributed by atoms with van der Waals surface area (Å²) in [4.78, 5) is 27.7. The Hall–Kier alpha value is -1.10. The van der Waals surface area contributed by atoms with E-state index in [4.69, 9.17) is 9.47 Å². The van der Waals surface area contributed by atoms with Crippen LogP contribution in [0.25, 0.3) is 0 Å². The highest BCUT2D eigenvalue weighted by molar-refractivity contribution is 5.69. The van der Waals surface area contributed by atoms with Gasteiger partial charge in [0, 0.05) is 25.4 Å². The summed E-state index contributed by atoms with van der Waals surface area (Å²) < 4.78 is 11.5. The number of ether oxygens (including phenoxy) is 2. The monoisotopic (exact) mass is 806 g/mol. The molecular formula is C52H103NO4. The first-order valence-electron chi connectivity index (χ1n) is 25.9. The fourth-order valence-electron chi connectivity index (χ4n) is 8.66. The molecule has 0 aromatic carbocycles. The number of rotatable bonds is 45. The predicted molar refractivity (Wildman–Crippen MR) is 249 cm³/mol. The van der Waals surface area contributed by atoms with Crippen LogP contribution < -0.4 is 0 Å². The van der Waals surface area contributed by atoms with Crippen molar-refractivity contribution in [2.24, 2.45) is 17.8 Å². The molecule has 5 nitrogen and oxygen atoms in total. The molecule has 0 amide bonds. The van der Waals surface area contributed by atoms with Crippen LogP contribution in [0.1, 0.15) is 273 Å². The van der Waals surface area contributed by atoms with Gasteiger partial charge in [-0.15, -0.1) is 0 Å². The minimum Gasteiger partial charge on any atom is -0.465 e. The van der Waals surface area contributed by atoms with Crippen LogP contribution in [-0.2, 0) is 19.1 Å². The summed E-state index contributed by atoms with van der Waals surface area (Å²) >= 11 is 0. The number of nitrogens with zero attached hydrogens (tertiary/aromatic N) is 1. The van der Waals surface area contributed by atoms with Gasteiger partial charge in [0.15, 0.2) is 0 Å². The van der Waals surface area contributed by atoms with Gasteiger partial charge in [-0.25, -0.2) is 0 Å². The first-order chi connectivity index (χ1) is 27.8. The molecule has 0 heterocycles. The molecule has 57 heavy (non-hydrogen) atoms. The highest BCUT2D eigenvalue weighted by atomic mass is 16.5. The maximum absolute atomic E-state index is 12.5. The van der Waals surface area contributed by atoms with E-state index < -0.39 is 0 Å². The van der Waals surface area contributed by atoms with E-state index in [2.05, 4.69) is 53.5 Å². The van der Waals surface area contributed by atoms with E-state index in [1.165, 1.54) is 199 Å². The normalized spacial score (nSPS) is 13.8. The molecule has 0 rings (SSSR count). The van der Waals surface area contributed by atoms with E-state index in [-0.39, 0.29) is 11.9 Å². The Morgan fingerprint density at radius 2 is 0.702 bits per heavy atom. The Kier molecular flexibility index (Phi) is 42.2. The van der Waals surface area contributed by atoms with Crippen LogP contribution >= 0.6 is 0 Å². The minimum atomic E-state index is 0.0230. The van der Waals surface area contributed by atoms with Crippen molar-refractivity contribution in [3.05, 3.63) is 0 Å². The van der Waals surface area contributed by atoms with Crippen molar-refractivity contribution in [2.75, 3.05) is 26.8 Å². The molecule has 3 unspecified atom stereocenters. The van der Waals surface area contributed by atoms with Gasteiger partial charge < -0.3 is 14.4 Å². The molecule has 0 radical (unpaired) electrons. The second kappa shape index (κ2) is 43.0. The van der Waals surface area contributed by atoms with Crippen molar-refractivity contribution in [3.8, 4) is 0 Å². The fourth-order valence-corrected chi connectivity index (χ4v) is 8.66. The molecule has 0 aromatic rings. The van der Waals surface area contributed by atoms with Crippen molar-refractivity contribution in [2.45, 2.75) is 279 Å². The molecule has 3 atom stereocenters. The van der Waals surface area contributed by atoms with Crippen LogP contribution in [0.4, 0.5) is 0 Å². The van der Waals surface area contributed by atoms with E-state index >= 15 is 0 Å². The molecule has 0 aliphatic heterocycles. The predicted octanol–water partition coefficient (Wildman–Crippen LogP) is 16.4. The molecule has 0 aliphatic carbocycles. The van der Waals surface area contributed by atoms with Crippen LogP contribution in [-0.4, -0.2) is 49.7 Å². The molecule has 0 N–H and O–H groups in total. The summed E-state index contributed by atoms with van der Waals surface area (Å²) in [6.45, 7) is 16.2. The quantitative estimate of drug-likeness (QED) is 0.0453. The summed E-state index contributed by atoms with van der Waals surface area (Å²) in [5.41, 5.74) is 0. The molecular weight excluding hydrogens is 703 g/mol. The van der Waals surface area contributed by atoms with Crippen molar-refractivity contribution in [1.82, 2.24) is 4.90 Å². The third kappa shape index (κ3) is 36.5. The Morgan fingerprint density at radius 3 is 1.09 bits per heavy atom. The van der Waals surface area contributed by atoms with Crippen LogP contribution in [0.5, 0.6) is 0 Å². The molecule has 340 valence electrons. The number of unbranched alkanes of at least 4 members (excludes halogenated alkanes) is 19. The largest absolute Gasteiger partial charge is 0.465 e. The standard InChI is InChI=1S/C52H103NO4/c1-8-14-19-29-38-48(36-17-11-4)45-56-51(54)42-33-27-23-21-25-31-40-50(53(7)44-47(13-6)35-16-10-3)41-32-26-22-24-28-34-43-52(55)57-46-49(37-18-12-5)39-30-20-15-9-2/h47-50H,8-46H2,1-7H3. The molecule has 0 saturated heterocycles. The number of hydrogen-bond acceptors (Lipinski definition) is 5. The molecule has 5 heteroatoms. The van der Waals surface area contributed by atoms with Crippen molar-refractivity contribution in [1.29, 1.82) is 0 Å². The zero-order valence-corrected chi connectivity index (χ0v) is 40.0. The summed E-state index contributed by atoms with van der Waals surface area (Å²) in [5, 5.41) is 0. The zero-order chi connectivity index (χ0) is 42.0. The summed E-state index contributed by atoms with van der Waals surface area (Å²) in [6, 6.07) is 0.686. The Bertz CT molecular complexity index is 792. The van der Waals surface area contributed by atoms with Crippen molar-refractivity contribution < 1.29 is 19.1 Å². The van der Waals surface area contributed by atoms with Gasteiger partial charge in [0.2, 0.25) is 0 Å². The smallest absolute Gasteiger partial charge is 0.305 e. The average molecular weight is 806 g/mol. The lowest BCUT2D eigenvalue weighted by atomic mass is 9.95. The third-order valence-electron chi connectivity index (χ3n) is 12.9. The van der Waals surface area contributed by atoms with Gasteiger partial charge in [0.25, 0.3) is 0 Å². The Balaban J connectivity index is 4.44. The third-order valence-corrected chi connectivity index (χ3v) is 12.9. The molecule has 0 aromatic heterocycles. The minimum absolute atomic E-state index is 0.0230.